The van der Waals surface area contributed by atoms with Gasteiger partial charge in [0.15, 0.2) is 0 Å². The first-order valence-electron chi connectivity index (χ1n) is 6.04. The Morgan fingerprint density at radius 1 is 1.31 bits per heavy atom. The Morgan fingerprint density at radius 3 is 2.50 bits per heavy atom. The van der Waals surface area contributed by atoms with Crippen molar-refractivity contribution in [3.05, 3.63) is 23.9 Å². The first-order chi connectivity index (χ1) is 7.69. The minimum Gasteiger partial charge on any atom is -0.372 e. The SMILES string of the molecule is CCc1ccc(N2C[C@@H](C)O[C@@H](C)C2)nc1. The fourth-order valence-corrected chi connectivity index (χ4v) is 2.18. The van der Waals surface area contributed by atoms with Crippen molar-refractivity contribution in [1.29, 1.82) is 0 Å². The van der Waals surface area contributed by atoms with Crippen LogP contribution in [0.25, 0.3) is 0 Å². The van der Waals surface area contributed by atoms with Crippen LogP contribution in [0.2, 0.25) is 0 Å². The molecule has 1 aromatic rings. The molecule has 1 aromatic heterocycles. The zero-order valence-corrected chi connectivity index (χ0v) is 10.3. The van der Waals surface area contributed by atoms with Gasteiger partial charge in [-0.2, -0.15) is 0 Å². The van der Waals surface area contributed by atoms with Crippen molar-refractivity contribution in [2.75, 3.05) is 18.0 Å². The van der Waals surface area contributed by atoms with Crippen LogP contribution in [0.15, 0.2) is 18.3 Å². The van der Waals surface area contributed by atoms with Gasteiger partial charge in [0, 0.05) is 19.3 Å². The van der Waals surface area contributed by atoms with Crippen molar-refractivity contribution >= 4 is 5.82 Å². The summed E-state index contributed by atoms with van der Waals surface area (Å²) in [5.41, 5.74) is 1.29. The van der Waals surface area contributed by atoms with Crippen LogP contribution in [0.1, 0.15) is 26.3 Å². The third-order valence-corrected chi connectivity index (χ3v) is 2.96. The Labute approximate surface area is 97.4 Å². The quantitative estimate of drug-likeness (QED) is 0.764. The van der Waals surface area contributed by atoms with Crippen molar-refractivity contribution in [2.24, 2.45) is 0 Å². The second-order valence-electron chi connectivity index (χ2n) is 4.54. The highest BCUT2D eigenvalue weighted by Crippen LogP contribution is 2.18. The molecule has 0 bridgehead atoms. The topological polar surface area (TPSA) is 25.4 Å². The Morgan fingerprint density at radius 2 is 2.00 bits per heavy atom. The van der Waals surface area contributed by atoms with E-state index in [-0.39, 0.29) is 12.2 Å². The molecule has 3 heteroatoms. The van der Waals surface area contributed by atoms with Crippen molar-refractivity contribution in [3.63, 3.8) is 0 Å². The number of ether oxygens (including phenoxy) is 1. The van der Waals surface area contributed by atoms with Gasteiger partial charge in [-0.25, -0.2) is 4.98 Å². The van der Waals surface area contributed by atoms with Gasteiger partial charge in [-0.05, 0) is 31.9 Å². The average molecular weight is 220 g/mol. The van der Waals surface area contributed by atoms with Gasteiger partial charge in [0.2, 0.25) is 0 Å². The molecule has 1 saturated heterocycles. The summed E-state index contributed by atoms with van der Waals surface area (Å²) in [6, 6.07) is 4.27. The van der Waals surface area contributed by atoms with E-state index in [4.69, 9.17) is 4.74 Å². The molecule has 0 aromatic carbocycles. The third-order valence-electron chi connectivity index (χ3n) is 2.96. The third kappa shape index (κ3) is 2.53. The molecular weight excluding hydrogens is 200 g/mol. The lowest BCUT2D eigenvalue weighted by atomic mass is 10.2. The molecule has 0 N–H and O–H groups in total. The Hall–Kier alpha value is -1.09. The number of hydrogen-bond donors (Lipinski definition) is 0. The van der Waals surface area contributed by atoms with Crippen LogP contribution >= 0.6 is 0 Å². The summed E-state index contributed by atoms with van der Waals surface area (Å²) in [6.45, 7) is 8.24. The number of aryl methyl sites for hydroxylation is 1. The summed E-state index contributed by atoms with van der Waals surface area (Å²) in [7, 11) is 0. The zero-order chi connectivity index (χ0) is 11.5. The molecule has 0 saturated carbocycles. The molecule has 88 valence electrons. The highest BCUT2D eigenvalue weighted by molar-refractivity contribution is 5.40. The summed E-state index contributed by atoms with van der Waals surface area (Å²) in [5, 5.41) is 0. The number of rotatable bonds is 2. The fourth-order valence-electron chi connectivity index (χ4n) is 2.18. The Balaban J connectivity index is 2.10. The summed E-state index contributed by atoms with van der Waals surface area (Å²) >= 11 is 0. The number of anilines is 1. The smallest absolute Gasteiger partial charge is 0.128 e. The molecule has 1 fully saturated rings. The predicted molar refractivity (Wildman–Crippen MR) is 65.8 cm³/mol. The van der Waals surface area contributed by atoms with Crippen molar-refractivity contribution < 1.29 is 4.74 Å². The van der Waals surface area contributed by atoms with Crippen LogP contribution in [0, 0.1) is 0 Å². The zero-order valence-electron chi connectivity index (χ0n) is 10.3. The molecule has 1 aliphatic heterocycles. The lowest BCUT2D eigenvalue weighted by Gasteiger charge is -2.36. The molecular formula is C13H20N2O. The Kier molecular flexibility index (Phi) is 3.44. The van der Waals surface area contributed by atoms with Crippen molar-refractivity contribution in [2.45, 2.75) is 39.4 Å². The van der Waals surface area contributed by atoms with Crippen LogP contribution in [-0.2, 0) is 11.2 Å². The second-order valence-corrected chi connectivity index (χ2v) is 4.54. The van der Waals surface area contributed by atoms with E-state index in [9.17, 15) is 0 Å². The van der Waals surface area contributed by atoms with E-state index in [2.05, 4.69) is 42.8 Å². The fraction of sp³-hybridized carbons (Fsp3) is 0.615. The van der Waals surface area contributed by atoms with Crippen LogP contribution in [0.3, 0.4) is 0 Å². The molecule has 1 aliphatic rings. The molecule has 0 aliphatic carbocycles. The summed E-state index contributed by atoms with van der Waals surface area (Å²) in [4.78, 5) is 6.82. The van der Waals surface area contributed by atoms with Crippen molar-refractivity contribution in [1.82, 2.24) is 4.98 Å². The van der Waals surface area contributed by atoms with Crippen LogP contribution in [0.5, 0.6) is 0 Å². The first kappa shape index (κ1) is 11.4. The minimum absolute atomic E-state index is 0.288. The van der Waals surface area contributed by atoms with Gasteiger partial charge in [-0.1, -0.05) is 13.0 Å². The van der Waals surface area contributed by atoms with E-state index >= 15 is 0 Å². The minimum atomic E-state index is 0.288. The molecule has 2 atom stereocenters. The lowest BCUT2D eigenvalue weighted by molar-refractivity contribution is -0.00545. The molecule has 0 radical (unpaired) electrons. The summed E-state index contributed by atoms with van der Waals surface area (Å²) < 4.78 is 5.71. The van der Waals surface area contributed by atoms with Gasteiger partial charge >= 0.3 is 0 Å². The van der Waals surface area contributed by atoms with E-state index < -0.39 is 0 Å². The second kappa shape index (κ2) is 4.83. The summed E-state index contributed by atoms with van der Waals surface area (Å²) in [5.74, 6) is 1.07. The van der Waals surface area contributed by atoms with Crippen LogP contribution in [-0.4, -0.2) is 30.3 Å². The molecule has 2 heterocycles. The highest BCUT2D eigenvalue weighted by atomic mass is 16.5. The van der Waals surface area contributed by atoms with Gasteiger partial charge in [0.05, 0.1) is 12.2 Å². The van der Waals surface area contributed by atoms with Gasteiger partial charge in [-0.3, -0.25) is 0 Å². The molecule has 3 nitrogen and oxygen atoms in total. The van der Waals surface area contributed by atoms with Crippen molar-refractivity contribution in [3.8, 4) is 0 Å². The summed E-state index contributed by atoms with van der Waals surface area (Å²) in [6.07, 6.45) is 3.59. The van der Waals surface area contributed by atoms with E-state index in [0.29, 0.717) is 0 Å². The monoisotopic (exact) mass is 220 g/mol. The largest absolute Gasteiger partial charge is 0.372 e. The number of pyridine rings is 1. The maximum Gasteiger partial charge on any atom is 0.128 e. The molecule has 0 amide bonds. The molecule has 16 heavy (non-hydrogen) atoms. The van der Waals surface area contributed by atoms with Gasteiger partial charge < -0.3 is 9.64 Å². The standard InChI is InChI=1S/C13H20N2O/c1-4-12-5-6-13(14-7-12)15-8-10(2)16-11(3)9-15/h5-7,10-11H,4,8-9H2,1-3H3/t10-,11+. The first-order valence-corrected chi connectivity index (χ1v) is 6.04. The molecule has 2 rings (SSSR count). The number of aromatic nitrogens is 1. The van der Waals surface area contributed by atoms with Gasteiger partial charge in [-0.15, -0.1) is 0 Å². The van der Waals surface area contributed by atoms with E-state index in [0.717, 1.165) is 25.3 Å². The average Bonchev–Trinajstić information content (AvgIpc) is 2.28. The van der Waals surface area contributed by atoms with E-state index in [1.54, 1.807) is 0 Å². The highest BCUT2D eigenvalue weighted by Gasteiger charge is 2.22. The van der Waals surface area contributed by atoms with Crippen LogP contribution < -0.4 is 4.90 Å². The lowest BCUT2D eigenvalue weighted by Crippen LogP contribution is -2.45. The molecule has 0 spiro atoms. The number of morpholine rings is 1. The van der Waals surface area contributed by atoms with E-state index in [1.165, 1.54) is 5.56 Å². The maximum absolute atomic E-state index is 5.71. The number of hydrogen-bond acceptors (Lipinski definition) is 3. The molecule has 0 unspecified atom stereocenters. The normalized spacial score (nSPS) is 25.8. The number of nitrogens with zero attached hydrogens (tertiary/aromatic N) is 2. The van der Waals surface area contributed by atoms with Gasteiger partial charge in [0.25, 0.3) is 0 Å². The van der Waals surface area contributed by atoms with Crippen LogP contribution in [0.4, 0.5) is 5.82 Å². The van der Waals surface area contributed by atoms with Gasteiger partial charge in [0.1, 0.15) is 5.82 Å². The Bertz CT molecular complexity index is 326. The predicted octanol–water partition coefficient (Wildman–Crippen LogP) is 2.26. The maximum atomic E-state index is 5.71. The van der Waals surface area contributed by atoms with E-state index in [1.807, 2.05) is 6.20 Å².